The highest BCUT2D eigenvalue weighted by Crippen LogP contribution is 2.36. The molecule has 0 saturated carbocycles. The van der Waals surface area contributed by atoms with Gasteiger partial charge in [-0.3, -0.25) is 5.41 Å². The number of nitrogens with two attached hydrogens (primary N) is 1. The van der Waals surface area contributed by atoms with Crippen molar-refractivity contribution in [3.8, 4) is 11.5 Å². The van der Waals surface area contributed by atoms with Gasteiger partial charge in [0.25, 0.3) is 0 Å². The number of hydrogen-bond acceptors (Lipinski definition) is 5. The van der Waals surface area contributed by atoms with Crippen LogP contribution in [0.3, 0.4) is 0 Å². The Kier molecular flexibility index (Phi) is 3.70. The topological polar surface area (TPSA) is 81.2 Å². The molecule has 3 rings (SSSR count). The van der Waals surface area contributed by atoms with Gasteiger partial charge >= 0.3 is 0 Å². The first-order valence-corrected chi connectivity index (χ1v) is 7.34. The quantitative estimate of drug-likeness (QED) is 0.672. The molecule has 0 atom stereocenters. The van der Waals surface area contributed by atoms with Gasteiger partial charge in [-0.05, 0) is 37.3 Å². The van der Waals surface area contributed by atoms with Crippen LogP contribution in [-0.4, -0.2) is 24.0 Å². The Bertz CT molecular complexity index is 703. The zero-order valence-corrected chi connectivity index (χ0v) is 12.4. The van der Waals surface area contributed by atoms with Crippen molar-refractivity contribution < 1.29 is 9.47 Å². The zero-order chi connectivity index (χ0) is 14.8. The van der Waals surface area contributed by atoms with Crippen molar-refractivity contribution in [1.29, 1.82) is 5.41 Å². The minimum Gasteiger partial charge on any atom is -0.486 e. The molecule has 108 valence electrons. The number of nitrogen functional groups attached to an aromatic ring is 1. The normalized spacial score (nSPS) is 13.0. The maximum atomic E-state index is 7.54. The molecule has 1 aromatic carbocycles. The summed E-state index contributed by atoms with van der Waals surface area (Å²) in [5.74, 6) is 1.57. The molecule has 0 aliphatic carbocycles. The first-order valence-electron chi connectivity index (χ1n) is 6.52. The number of pyridine rings is 1. The van der Waals surface area contributed by atoms with Crippen LogP contribution in [-0.2, 0) is 0 Å². The van der Waals surface area contributed by atoms with Crippen LogP contribution in [0.1, 0.15) is 11.3 Å². The van der Waals surface area contributed by atoms with Crippen LogP contribution in [0.25, 0.3) is 0 Å². The predicted molar refractivity (Wildman–Crippen MR) is 81.5 cm³/mol. The fourth-order valence-electron chi connectivity index (χ4n) is 2.05. The Morgan fingerprint density at radius 2 is 1.95 bits per heavy atom. The van der Waals surface area contributed by atoms with E-state index in [1.54, 1.807) is 6.07 Å². The van der Waals surface area contributed by atoms with Crippen molar-refractivity contribution in [2.45, 2.75) is 16.8 Å². The number of amidine groups is 1. The minimum atomic E-state index is 0.0459. The molecule has 0 amide bonds. The lowest BCUT2D eigenvalue weighted by Crippen LogP contribution is -2.15. The molecule has 0 bridgehead atoms. The third-order valence-corrected chi connectivity index (χ3v) is 3.88. The molecule has 0 spiro atoms. The number of aromatic nitrogens is 1. The zero-order valence-electron chi connectivity index (χ0n) is 11.6. The van der Waals surface area contributed by atoms with Gasteiger partial charge in [0.05, 0.1) is 0 Å². The molecule has 2 aromatic rings. The molecule has 2 heterocycles. The Hall–Kier alpha value is -2.21. The van der Waals surface area contributed by atoms with Gasteiger partial charge in [0, 0.05) is 16.2 Å². The summed E-state index contributed by atoms with van der Waals surface area (Å²) in [7, 11) is 0. The number of ether oxygens (including phenoxy) is 2. The van der Waals surface area contributed by atoms with E-state index < -0.39 is 0 Å². The first-order chi connectivity index (χ1) is 10.1. The van der Waals surface area contributed by atoms with Gasteiger partial charge in [-0.15, -0.1) is 0 Å². The summed E-state index contributed by atoms with van der Waals surface area (Å²) in [6.45, 7) is 3.04. The molecule has 1 aromatic heterocycles. The third kappa shape index (κ3) is 3.11. The van der Waals surface area contributed by atoms with Crippen molar-refractivity contribution in [2.75, 3.05) is 13.2 Å². The monoisotopic (exact) mass is 301 g/mol. The van der Waals surface area contributed by atoms with Crippen LogP contribution in [0, 0.1) is 12.3 Å². The number of benzene rings is 1. The van der Waals surface area contributed by atoms with Crippen LogP contribution in [0.4, 0.5) is 0 Å². The van der Waals surface area contributed by atoms with E-state index in [1.807, 2.05) is 31.2 Å². The van der Waals surface area contributed by atoms with Gasteiger partial charge in [0.15, 0.2) is 11.5 Å². The van der Waals surface area contributed by atoms with E-state index in [1.165, 1.54) is 11.8 Å². The number of rotatable bonds is 3. The van der Waals surface area contributed by atoms with E-state index in [0.717, 1.165) is 27.1 Å². The smallest absolute Gasteiger partial charge is 0.162 e. The molecule has 1 aliphatic heterocycles. The average molecular weight is 301 g/mol. The number of nitrogens with one attached hydrogen (secondary N) is 1. The summed E-state index contributed by atoms with van der Waals surface area (Å²) in [6, 6.07) is 9.43. The molecule has 5 nitrogen and oxygen atoms in total. The van der Waals surface area contributed by atoms with Gasteiger partial charge in [-0.25, -0.2) is 4.98 Å². The van der Waals surface area contributed by atoms with Crippen molar-refractivity contribution in [3.05, 3.63) is 41.6 Å². The van der Waals surface area contributed by atoms with Crippen LogP contribution in [0.5, 0.6) is 11.5 Å². The number of aryl methyl sites for hydroxylation is 1. The Balaban J connectivity index is 1.88. The Morgan fingerprint density at radius 3 is 2.71 bits per heavy atom. The molecule has 0 radical (unpaired) electrons. The van der Waals surface area contributed by atoms with Gasteiger partial charge in [-0.1, -0.05) is 11.8 Å². The third-order valence-electron chi connectivity index (χ3n) is 2.98. The maximum Gasteiger partial charge on any atom is 0.162 e. The van der Waals surface area contributed by atoms with Crippen molar-refractivity contribution >= 4 is 17.6 Å². The lowest BCUT2D eigenvalue weighted by atomic mass is 10.2. The second kappa shape index (κ2) is 5.65. The molecule has 0 fully saturated rings. The fraction of sp³-hybridized carbons (Fsp3) is 0.200. The largest absolute Gasteiger partial charge is 0.486 e. The fourth-order valence-corrected chi connectivity index (χ4v) is 2.97. The average Bonchev–Trinajstić information content (AvgIpc) is 2.46. The summed E-state index contributed by atoms with van der Waals surface area (Å²) >= 11 is 1.51. The summed E-state index contributed by atoms with van der Waals surface area (Å²) in [5.41, 5.74) is 7.06. The van der Waals surface area contributed by atoms with E-state index in [0.29, 0.717) is 18.8 Å². The predicted octanol–water partition coefficient (Wildman–Crippen LogP) is 2.60. The van der Waals surface area contributed by atoms with Crippen LogP contribution in [0.2, 0.25) is 0 Å². The van der Waals surface area contributed by atoms with Gasteiger partial charge in [0.2, 0.25) is 0 Å². The lowest BCUT2D eigenvalue weighted by molar-refractivity contribution is 0.171. The van der Waals surface area contributed by atoms with Gasteiger partial charge in [-0.2, -0.15) is 0 Å². The van der Waals surface area contributed by atoms with Crippen LogP contribution < -0.4 is 15.2 Å². The molecule has 6 heteroatoms. The van der Waals surface area contributed by atoms with Crippen LogP contribution >= 0.6 is 11.8 Å². The second-order valence-corrected chi connectivity index (χ2v) is 5.75. The number of nitrogens with zero attached hydrogens (tertiary/aromatic N) is 1. The highest BCUT2D eigenvalue weighted by Gasteiger charge is 2.13. The SMILES string of the molecule is Cc1cc(C(=N)N)cc(Sc2ccc3c(c2)OCCO3)n1. The van der Waals surface area contributed by atoms with Gasteiger partial charge < -0.3 is 15.2 Å². The molecule has 0 saturated heterocycles. The molecular weight excluding hydrogens is 286 g/mol. The van der Waals surface area contributed by atoms with Crippen molar-refractivity contribution in [1.82, 2.24) is 4.98 Å². The first kappa shape index (κ1) is 13.8. The van der Waals surface area contributed by atoms with E-state index in [-0.39, 0.29) is 5.84 Å². The standard InChI is InChI=1S/C15H15N3O2S/c1-9-6-10(15(16)17)7-14(18-9)21-11-2-3-12-13(8-11)20-5-4-19-12/h2-3,6-8H,4-5H2,1H3,(H3,16,17). The minimum absolute atomic E-state index is 0.0459. The molecular formula is C15H15N3O2S. The highest BCUT2D eigenvalue weighted by molar-refractivity contribution is 7.99. The van der Waals surface area contributed by atoms with Crippen molar-refractivity contribution in [3.63, 3.8) is 0 Å². The van der Waals surface area contributed by atoms with Gasteiger partial charge in [0.1, 0.15) is 24.1 Å². The van der Waals surface area contributed by atoms with E-state index >= 15 is 0 Å². The lowest BCUT2D eigenvalue weighted by Gasteiger charge is -2.18. The molecule has 21 heavy (non-hydrogen) atoms. The maximum absolute atomic E-state index is 7.54. The molecule has 3 N–H and O–H groups in total. The van der Waals surface area contributed by atoms with Crippen molar-refractivity contribution in [2.24, 2.45) is 5.73 Å². The highest BCUT2D eigenvalue weighted by atomic mass is 32.2. The summed E-state index contributed by atoms with van der Waals surface area (Å²) in [6.07, 6.45) is 0. The summed E-state index contributed by atoms with van der Waals surface area (Å²) < 4.78 is 11.1. The van der Waals surface area contributed by atoms with E-state index in [4.69, 9.17) is 20.6 Å². The Labute approximate surface area is 127 Å². The molecule has 0 unspecified atom stereocenters. The van der Waals surface area contributed by atoms with E-state index in [2.05, 4.69) is 4.98 Å². The number of hydrogen-bond donors (Lipinski definition) is 2. The van der Waals surface area contributed by atoms with E-state index in [9.17, 15) is 0 Å². The second-order valence-electron chi connectivity index (χ2n) is 4.66. The summed E-state index contributed by atoms with van der Waals surface area (Å²) in [4.78, 5) is 5.47. The van der Waals surface area contributed by atoms with Crippen LogP contribution in [0.15, 0.2) is 40.3 Å². The molecule has 1 aliphatic rings. The summed E-state index contributed by atoms with van der Waals surface area (Å²) in [5, 5.41) is 8.34. The Morgan fingerprint density at radius 1 is 1.19 bits per heavy atom. The number of fused-ring (bicyclic) bond motifs is 1.